The molecule has 2 aromatic carbocycles. The lowest BCUT2D eigenvalue weighted by Crippen LogP contribution is -2.46. The first-order chi connectivity index (χ1) is 14.5. The zero-order chi connectivity index (χ0) is 21.5. The second kappa shape index (κ2) is 9.96. The van der Waals surface area contributed by atoms with Crippen LogP contribution in [-0.2, 0) is 22.6 Å². The second-order valence-electron chi connectivity index (χ2n) is 7.39. The molecule has 1 unspecified atom stereocenters. The van der Waals surface area contributed by atoms with Gasteiger partial charge in [0, 0.05) is 49.1 Å². The number of hydrogen-bond donors (Lipinski definition) is 2. The number of methoxy groups -OCH3 is 1. The summed E-state index contributed by atoms with van der Waals surface area (Å²) in [5.41, 5.74) is 3.11. The van der Waals surface area contributed by atoms with Crippen LogP contribution >= 0.6 is 0 Å². The van der Waals surface area contributed by atoms with Crippen molar-refractivity contribution in [2.75, 3.05) is 13.7 Å². The summed E-state index contributed by atoms with van der Waals surface area (Å²) in [6.07, 6.45) is 3.01. The molecule has 1 aromatic heterocycles. The van der Waals surface area contributed by atoms with Crippen molar-refractivity contribution in [1.29, 1.82) is 0 Å². The zero-order valence-corrected chi connectivity index (χ0v) is 17.8. The molecule has 2 amide bonds. The number of nitrogens with zero attached hydrogens (tertiary/aromatic N) is 1. The van der Waals surface area contributed by atoms with Crippen molar-refractivity contribution in [1.82, 2.24) is 15.2 Å². The summed E-state index contributed by atoms with van der Waals surface area (Å²) in [6.45, 7) is 4.22. The lowest BCUT2D eigenvalue weighted by Gasteiger charge is -2.28. The van der Waals surface area contributed by atoms with E-state index in [0.29, 0.717) is 25.9 Å². The second-order valence-corrected chi connectivity index (χ2v) is 7.39. The van der Waals surface area contributed by atoms with Crippen LogP contribution in [0.3, 0.4) is 0 Å². The highest BCUT2D eigenvalue weighted by atomic mass is 16.5. The number of benzene rings is 2. The van der Waals surface area contributed by atoms with Crippen LogP contribution in [-0.4, -0.2) is 41.4 Å². The maximum absolute atomic E-state index is 12.4. The van der Waals surface area contributed by atoms with Crippen molar-refractivity contribution >= 4 is 22.7 Å². The van der Waals surface area contributed by atoms with Crippen molar-refractivity contribution in [2.45, 2.75) is 39.3 Å². The van der Waals surface area contributed by atoms with Crippen LogP contribution in [0.1, 0.15) is 31.4 Å². The maximum Gasteiger partial charge on any atom is 0.220 e. The van der Waals surface area contributed by atoms with Gasteiger partial charge in [0.1, 0.15) is 5.75 Å². The monoisotopic (exact) mass is 407 g/mol. The third kappa shape index (κ3) is 5.20. The van der Waals surface area contributed by atoms with Gasteiger partial charge in [0.2, 0.25) is 11.8 Å². The maximum atomic E-state index is 12.4. The molecule has 0 aliphatic heterocycles. The van der Waals surface area contributed by atoms with Gasteiger partial charge >= 0.3 is 0 Å². The first-order valence-corrected chi connectivity index (χ1v) is 10.2. The Labute approximate surface area is 177 Å². The lowest BCUT2D eigenvalue weighted by atomic mass is 10.0. The Bertz CT molecular complexity index is 1010. The Morgan fingerprint density at radius 3 is 2.57 bits per heavy atom. The largest absolute Gasteiger partial charge is 0.496 e. The molecular formula is C24H29N3O3. The van der Waals surface area contributed by atoms with E-state index < -0.39 is 0 Å². The minimum Gasteiger partial charge on any atom is -0.496 e. The number of amides is 2. The number of ether oxygens (including phenoxy) is 1. The molecule has 3 aromatic rings. The van der Waals surface area contributed by atoms with Crippen molar-refractivity contribution in [3.05, 3.63) is 65.9 Å². The topological polar surface area (TPSA) is 74.4 Å². The molecule has 0 saturated carbocycles. The molecule has 0 bridgehead atoms. The number of rotatable bonds is 9. The van der Waals surface area contributed by atoms with E-state index in [1.165, 1.54) is 0 Å². The van der Waals surface area contributed by atoms with Gasteiger partial charge in [-0.3, -0.25) is 9.59 Å². The number of carbonyl (C=O) groups excluding carboxylic acids is 2. The molecule has 3 rings (SSSR count). The highest BCUT2D eigenvalue weighted by molar-refractivity contribution is 5.83. The average molecular weight is 408 g/mol. The van der Waals surface area contributed by atoms with Crippen molar-refractivity contribution < 1.29 is 14.3 Å². The summed E-state index contributed by atoms with van der Waals surface area (Å²) in [7, 11) is 1.62. The molecule has 0 saturated heterocycles. The number of H-pyrrole nitrogens is 1. The van der Waals surface area contributed by atoms with Gasteiger partial charge in [0.15, 0.2) is 0 Å². The number of para-hydroxylation sites is 2. The molecule has 0 spiro atoms. The molecule has 6 heteroatoms. The van der Waals surface area contributed by atoms with Gasteiger partial charge in [-0.25, -0.2) is 0 Å². The fourth-order valence-corrected chi connectivity index (χ4v) is 3.67. The Morgan fingerprint density at radius 1 is 1.10 bits per heavy atom. The van der Waals surface area contributed by atoms with Gasteiger partial charge in [-0.05, 0) is 24.1 Å². The van der Waals surface area contributed by atoms with E-state index in [4.69, 9.17) is 4.74 Å². The fourth-order valence-electron chi connectivity index (χ4n) is 3.67. The summed E-state index contributed by atoms with van der Waals surface area (Å²) in [4.78, 5) is 29.6. The Morgan fingerprint density at radius 2 is 1.83 bits per heavy atom. The van der Waals surface area contributed by atoms with E-state index >= 15 is 0 Å². The third-order valence-corrected chi connectivity index (χ3v) is 5.27. The molecule has 0 aliphatic carbocycles. The van der Waals surface area contributed by atoms with Gasteiger partial charge in [-0.1, -0.05) is 43.3 Å². The predicted octanol–water partition coefficient (Wildman–Crippen LogP) is 3.66. The smallest absolute Gasteiger partial charge is 0.220 e. The molecule has 6 nitrogen and oxygen atoms in total. The SMILES string of the molecule is CCC(=O)NC(Cc1c[nH]c2ccccc12)CN(Cc1ccccc1OC)C(C)=O. The molecule has 0 aliphatic rings. The molecule has 1 heterocycles. The first kappa shape index (κ1) is 21.4. The highest BCUT2D eigenvalue weighted by Crippen LogP contribution is 2.22. The number of aromatic nitrogens is 1. The summed E-state index contributed by atoms with van der Waals surface area (Å²) in [6, 6.07) is 15.6. The van der Waals surface area contributed by atoms with Crippen LogP contribution in [0.4, 0.5) is 0 Å². The van der Waals surface area contributed by atoms with E-state index in [1.54, 1.807) is 18.9 Å². The van der Waals surface area contributed by atoms with Gasteiger partial charge in [0.05, 0.1) is 13.2 Å². The number of nitrogens with one attached hydrogen (secondary N) is 2. The van der Waals surface area contributed by atoms with Crippen LogP contribution in [0.5, 0.6) is 5.75 Å². The molecule has 0 radical (unpaired) electrons. The van der Waals surface area contributed by atoms with Crippen LogP contribution in [0.2, 0.25) is 0 Å². The van der Waals surface area contributed by atoms with Crippen molar-refractivity contribution in [3.63, 3.8) is 0 Å². The Hall–Kier alpha value is -3.28. The van der Waals surface area contributed by atoms with Crippen molar-refractivity contribution in [3.8, 4) is 5.75 Å². The summed E-state index contributed by atoms with van der Waals surface area (Å²) in [5, 5.41) is 4.22. The standard InChI is InChI=1S/C24H29N3O3/c1-4-24(29)26-20(13-19-14-25-22-11-7-6-10-21(19)22)16-27(17(2)28)15-18-9-5-8-12-23(18)30-3/h5-12,14,20,25H,4,13,15-16H2,1-3H3,(H,26,29). The summed E-state index contributed by atoms with van der Waals surface area (Å²) < 4.78 is 5.43. The van der Waals surface area contributed by atoms with Gasteiger partial charge in [-0.2, -0.15) is 0 Å². The first-order valence-electron chi connectivity index (χ1n) is 10.2. The third-order valence-electron chi connectivity index (χ3n) is 5.27. The van der Waals surface area contributed by atoms with E-state index in [2.05, 4.69) is 16.4 Å². The summed E-state index contributed by atoms with van der Waals surface area (Å²) in [5.74, 6) is 0.672. The van der Waals surface area contributed by atoms with Crippen molar-refractivity contribution in [2.24, 2.45) is 0 Å². The van der Waals surface area contributed by atoms with Gasteiger partial charge in [0.25, 0.3) is 0 Å². The Kier molecular flexibility index (Phi) is 7.12. The number of hydrogen-bond acceptors (Lipinski definition) is 3. The Balaban J connectivity index is 1.82. The van der Waals surface area contributed by atoms with Crippen LogP contribution in [0, 0.1) is 0 Å². The quantitative estimate of drug-likeness (QED) is 0.568. The van der Waals surface area contributed by atoms with E-state index in [9.17, 15) is 9.59 Å². The normalized spacial score (nSPS) is 11.8. The fraction of sp³-hybridized carbons (Fsp3) is 0.333. The van der Waals surface area contributed by atoms with E-state index in [-0.39, 0.29) is 17.9 Å². The number of aromatic amines is 1. The zero-order valence-electron chi connectivity index (χ0n) is 17.8. The van der Waals surface area contributed by atoms with Crippen LogP contribution < -0.4 is 10.1 Å². The van der Waals surface area contributed by atoms with E-state index in [0.717, 1.165) is 27.8 Å². The molecular weight excluding hydrogens is 378 g/mol. The number of fused-ring (bicyclic) bond motifs is 1. The molecule has 2 N–H and O–H groups in total. The molecule has 0 fully saturated rings. The van der Waals surface area contributed by atoms with Crippen LogP contribution in [0.15, 0.2) is 54.7 Å². The minimum absolute atomic E-state index is 0.0272. The molecule has 1 atom stereocenters. The predicted molar refractivity (Wildman–Crippen MR) is 118 cm³/mol. The van der Waals surface area contributed by atoms with E-state index in [1.807, 2.05) is 55.6 Å². The highest BCUT2D eigenvalue weighted by Gasteiger charge is 2.21. The number of carbonyl (C=O) groups is 2. The van der Waals surface area contributed by atoms with Gasteiger partial charge < -0.3 is 19.9 Å². The minimum atomic E-state index is -0.199. The molecule has 30 heavy (non-hydrogen) atoms. The average Bonchev–Trinajstić information content (AvgIpc) is 3.16. The van der Waals surface area contributed by atoms with Gasteiger partial charge in [-0.15, -0.1) is 0 Å². The molecule has 158 valence electrons. The lowest BCUT2D eigenvalue weighted by molar-refractivity contribution is -0.130. The summed E-state index contributed by atoms with van der Waals surface area (Å²) >= 11 is 0. The van der Waals surface area contributed by atoms with Crippen LogP contribution in [0.25, 0.3) is 10.9 Å².